The highest BCUT2D eigenvalue weighted by Gasteiger charge is 2.30. The SMILES string of the molecule is Cc1cc(C)c(S(=O)(=O)N(CC(=O)NCc2ccco2)Cc2ccc(Cl)c(Cl)c2)c(C)c1. The predicted octanol–water partition coefficient (Wildman–Crippen LogP) is 5.02. The highest BCUT2D eigenvalue weighted by molar-refractivity contribution is 7.89. The van der Waals surface area contributed by atoms with Crippen LogP contribution in [0.1, 0.15) is 28.0 Å². The molecule has 0 saturated carbocycles. The van der Waals surface area contributed by atoms with E-state index in [-0.39, 0.29) is 24.5 Å². The number of hydrogen-bond donors (Lipinski definition) is 1. The van der Waals surface area contributed by atoms with Gasteiger partial charge >= 0.3 is 0 Å². The van der Waals surface area contributed by atoms with Gasteiger partial charge in [0.15, 0.2) is 0 Å². The lowest BCUT2D eigenvalue weighted by Gasteiger charge is -2.24. The van der Waals surface area contributed by atoms with Crippen molar-refractivity contribution < 1.29 is 17.6 Å². The maximum Gasteiger partial charge on any atom is 0.244 e. The highest BCUT2D eigenvalue weighted by atomic mass is 35.5. The van der Waals surface area contributed by atoms with Gasteiger partial charge in [-0.1, -0.05) is 47.0 Å². The molecule has 32 heavy (non-hydrogen) atoms. The average Bonchev–Trinajstić information content (AvgIpc) is 3.21. The minimum atomic E-state index is -3.99. The Kier molecular flexibility index (Phi) is 7.67. The minimum absolute atomic E-state index is 0.0415. The lowest BCUT2D eigenvalue weighted by Crippen LogP contribution is -2.40. The van der Waals surface area contributed by atoms with E-state index < -0.39 is 15.9 Å². The Hall–Kier alpha value is -2.32. The van der Waals surface area contributed by atoms with Crippen LogP contribution in [0.25, 0.3) is 0 Å². The molecule has 0 radical (unpaired) electrons. The zero-order valence-corrected chi connectivity index (χ0v) is 20.3. The Morgan fingerprint density at radius 3 is 2.31 bits per heavy atom. The van der Waals surface area contributed by atoms with Gasteiger partial charge in [-0.15, -0.1) is 0 Å². The lowest BCUT2D eigenvalue weighted by molar-refractivity contribution is -0.121. The molecule has 0 aliphatic carbocycles. The van der Waals surface area contributed by atoms with Crippen molar-refractivity contribution in [1.29, 1.82) is 0 Å². The van der Waals surface area contributed by atoms with Crippen molar-refractivity contribution in [2.45, 2.75) is 38.8 Å². The maximum absolute atomic E-state index is 13.7. The number of amides is 1. The summed E-state index contributed by atoms with van der Waals surface area (Å²) in [6, 6.07) is 12.0. The Labute approximate surface area is 198 Å². The zero-order valence-electron chi connectivity index (χ0n) is 18.0. The molecule has 0 fully saturated rings. The normalized spacial score (nSPS) is 11.7. The van der Waals surface area contributed by atoms with Crippen LogP contribution in [0.5, 0.6) is 0 Å². The quantitative estimate of drug-likeness (QED) is 0.476. The summed E-state index contributed by atoms with van der Waals surface area (Å²) in [7, 11) is -3.99. The second-order valence-corrected chi connectivity index (χ2v) is 10.3. The standard InChI is InChI=1S/C23H24Cl2N2O4S/c1-15-9-16(2)23(17(3)10-15)32(29,30)27(13-18-6-7-20(24)21(25)11-18)14-22(28)26-12-19-5-4-8-31-19/h4-11H,12-14H2,1-3H3,(H,26,28). The maximum atomic E-state index is 13.7. The van der Waals surface area contributed by atoms with Gasteiger partial charge in [0.1, 0.15) is 5.76 Å². The lowest BCUT2D eigenvalue weighted by atomic mass is 10.1. The molecular weight excluding hydrogens is 471 g/mol. The van der Waals surface area contributed by atoms with Crippen molar-refractivity contribution in [3.8, 4) is 0 Å². The van der Waals surface area contributed by atoms with Gasteiger partial charge in [-0.3, -0.25) is 4.79 Å². The summed E-state index contributed by atoms with van der Waals surface area (Å²) >= 11 is 12.1. The molecule has 0 spiro atoms. The Balaban J connectivity index is 1.93. The van der Waals surface area contributed by atoms with Gasteiger partial charge < -0.3 is 9.73 Å². The van der Waals surface area contributed by atoms with Gasteiger partial charge in [0, 0.05) is 6.54 Å². The summed E-state index contributed by atoms with van der Waals surface area (Å²) in [6.07, 6.45) is 1.51. The van der Waals surface area contributed by atoms with E-state index in [0.717, 1.165) is 9.87 Å². The smallest absolute Gasteiger partial charge is 0.244 e. The van der Waals surface area contributed by atoms with Crippen molar-refractivity contribution in [2.24, 2.45) is 0 Å². The van der Waals surface area contributed by atoms with Crippen LogP contribution < -0.4 is 5.32 Å². The predicted molar refractivity (Wildman–Crippen MR) is 125 cm³/mol. The van der Waals surface area contributed by atoms with E-state index in [1.54, 1.807) is 44.2 Å². The molecule has 6 nitrogen and oxygen atoms in total. The summed E-state index contributed by atoms with van der Waals surface area (Å²) in [5, 5.41) is 3.38. The van der Waals surface area contributed by atoms with Gasteiger partial charge in [0.05, 0.1) is 34.3 Å². The zero-order chi connectivity index (χ0) is 23.5. The fraction of sp³-hybridized carbons (Fsp3) is 0.261. The number of benzene rings is 2. The molecule has 0 bridgehead atoms. The first-order valence-electron chi connectivity index (χ1n) is 9.89. The molecule has 0 saturated heterocycles. The fourth-order valence-electron chi connectivity index (χ4n) is 3.59. The van der Waals surface area contributed by atoms with Crippen LogP contribution in [0.4, 0.5) is 0 Å². The molecule has 1 aromatic heterocycles. The van der Waals surface area contributed by atoms with E-state index in [1.807, 2.05) is 19.1 Å². The van der Waals surface area contributed by atoms with Crippen LogP contribution in [-0.2, 0) is 27.9 Å². The van der Waals surface area contributed by atoms with Crippen molar-refractivity contribution >= 4 is 39.1 Å². The molecule has 170 valence electrons. The number of furan rings is 1. The summed E-state index contributed by atoms with van der Waals surface area (Å²) in [5.41, 5.74) is 2.82. The van der Waals surface area contributed by atoms with Crippen LogP contribution in [-0.4, -0.2) is 25.2 Å². The van der Waals surface area contributed by atoms with Crippen molar-refractivity contribution in [1.82, 2.24) is 9.62 Å². The van der Waals surface area contributed by atoms with E-state index in [4.69, 9.17) is 27.6 Å². The number of aryl methyl sites for hydroxylation is 3. The van der Waals surface area contributed by atoms with Crippen molar-refractivity contribution in [3.05, 3.63) is 86.8 Å². The third kappa shape index (κ3) is 5.72. The molecule has 3 aromatic rings. The molecule has 1 amide bonds. The third-order valence-electron chi connectivity index (χ3n) is 4.91. The molecule has 3 rings (SSSR count). The number of sulfonamides is 1. The molecular formula is C23H24Cl2N2O4S. The van der Waals surface area contributed by atoms with Crippen LogP contribution in [0.3, 0.4) is 0 Å². The van der Waals surface area contributed by atoms with Gasteiger partial charge in [-0.2, -0.15) is 4.31 Å². The number of rotatable bonds is 8. The van der Waals surface area contributed by atoms with E-state index in [0.29, 0.717) is 32.5 Å². The first-order chi connectivity index (χ1) is 15.1. The average molecular weight is 495 g/mol. The molecule has 2 aromatic carbocycles. The molecule has 1 N–H and O–H groups in total. The Morgan fingerprint density at radius 1 is 1.03 bits per heavy atom. The van der Waals surface area contributed by atoms with Crippen LogP contribution >= 0.6 is 23.2 Å². The first-order valence-corrected chi connectivity index (χ1v) is 12.1. The first kappa shape index (κ1) is 24.3. The van der Waals surface area contributed by atoms with Crippen molar-refractivity contribution in [2.75, 3.05) is 6.54 Å². The summed E-state index contributed by atoms with van der Waals surface area (Å²) in [5.74, 6) is 0.120. The Bertz CT molecular complexity index is 1200. The number of carbonyl (C=O) groups excluding carboxylic acids is 1. The summed E-state index contributed by atoms with van der Waals surface area (Å²) in [4.78, 5) is 12.9. The fourth-order valence-corrected chi connectivity index (χ4v) is 5.70. The monoisotopic (exact) mass is 494 g/mol. The number of carbonyl (C=O) groups is 1. The number of nitrogens with one attached hydrogen (secondary N) is 1. The van der Waals surface area contributed by atoms with E-state index >= 15 is 0 Å². The van der Waals surface area contributed by atoms with Gasteiger partial charge in [-0.05, 0) is 61.7 Å². The topological polar surface area (TPSA) is 79.6 Å². The number of halogens is 2. The van der Waals surface area contributed by atoms with Crippen LogP contribution in [0.15, 0.2) is 58.0 Å². The number of hydrogen-bond acceptors (Lipinski definition) is 4. The second kappa shape index (κ2) is 10.1. The van der Waals surface area contributed by atoms with Crippen molar-refractivity contribution in [3.63, 3.8) is 0 Å². The molecule has 0 aliphatic rings. The van der Waals surface area contributed by atoms with Crippen LogP contribution in [0.2, 0.25) is 10.0 Å². The van der Waals surface area contributed by atoms with E-state index in [9.17, 15) is 13.2 Å². The molecule has 1 heterocycles. The molecule has 9 heteroatoms. The van der Waals surface area contributed by atoms with E-state index in [1.165, 1.54) is 6.26 Å². The van der Waals surface area contributed by atoms with Gasteiger partial charge in [0.25, 0.3) is 0 Å². The summed E-state index contributed by atoms with van der Waals surface area (Å²) in [6.45, 7) is 5.17. The molecule has 0 aliphatic heterocycles. The molecule has 0 unspecified atom stereocenters. The molecule has 0 atom stereocenters. The number of nitrogens with zero attached hydrogens (tertiary/aromatic N) is 1. The second-order valence-electron chi connectivity index (χ2n) is 7.61. The van der Waals surface area contributed by atoms with Crippen LogP contribution in [0, 0.1) is 20.8 Å². The van der Waals surface area contributed by atoms with E-state index in [2.05, 4.69) is 5.32 Å². The largest absolute Gasteiger partial charge is 0.467 e. The Morgan fingerprint density at radius 2 is 1.72 bits per heavy atom. The van der Waals surface area contributed by atoms with Gasteiger partial charge in [0.2, 0.25) is 15.9 Å². The van der Waals surface area contributed by atoms with Gasteiger partial charge in [-0.25, -0.2) is 8.42 Å². The highest BCUT2D eigenvalue weighted by Crippen LogP contribution is 2.28. The minimum Gasteiger partial charge on any atom is -0.467 e. The third-order valence-corrected chi connectivity index (χ3v) is 7.74. The summed E-state index contributed by atoms with van der Waals surface area (Å²) < 4.78 is 33.7.